The van der Waals surface area contributed by atoms with Gasteiger partial charge in [0.2, 0.25) is 0 Å². The molecule has 2 atom stereocenters. The normalized spacial score (nSPS) is 12.6. The summed E-state index contributed by atoms with van der Waals surface area (Å²) in [6.45, 7) is 13.7. The Morgan fingerprint density at radius 3 is 1.62 bits per heavy atom. The Morgan fingerprint density at radius 2 is 1.02 bits per heavy atom. The number of hydrogen-bond acceptors (Lipinski definition) is 0. The van der Waals surface area contributed by atoms with Crippen molar-refractivity contribution in [2.24, 2.45) is 7.05 Å². The number of aromatic nitrogens is 1. The van der Waals surface area contributed by atoms with Crippen molar-refractivity contribution in [3.05, 3.63) is 179 Å². The van der Waals surface area contributed by atoms with Gasteiger partial charge in [-0.2, -0.15) is 0 Å². The van der Waals surface area contributed by atoms with Crippen LogP contribution in [0.4, 0.5) is 0 Å². The molecule has 0 bridgehead atoms. The molecule has 1 aromatic heterocycles. The van der Waals surface area contributed by atoms with Crippen LogP contribution in [0.3, 0.4) is 0 Å². The average Bonchev–Trinajstić information content (AvgIpc) is 3.51. The maximum Gasteiger partial charge on any atom is 0.192 e. The fraction of sp³-hybridized carbons (Fsp3) is 0.208. The molecule has 2 unspecified atom stereocenters. The van der Waals surface area contributed by atoms with Crippen molar-refractivity contribution < 1.29 is 0 Å². The summed E-state index contributed by atoms with van der Waals surface area (Å²) in [4.78, 5) is 0. The van der Waals surface area contributed by atoms with Gasteiger partial charge in [0.1, 0.15) is 0 Å². The lowest BCUT2D eigenvalue weighted by atomic mass is 9.58. The highest BCUT2D eigenvalue weighted by atomic mass is 14.9. The summed E-state index contributed by atoms with van der Waals surface area (Å²) < 4.78 is 2.32. The molecule has 8 rings (SSSR count). The zero-order valence-electron chi connectivity index (χ0n) is 33.4. The second-order valence-corrected chi connectivity index (χ2v) is 15.8. The molecule has 0 aliphatic heterocycles. The zero-order valence-corrected chi connectivity index (χ0v) is 33.4. The third-order valence-corrected chi connectivity index (χ3v) is 12.2. The number of aryl methyl sites for hydroxylation is 5. The Morgan fingerprint density at radius 1 is 0.509 bits per heavy atom. The monoisotopic (exact) mass is 712 g/mol. The van der Waals surface area contributed by atoms with Crippen LogP contribution in [0.25, 0.3) is 55.2 Å². The lowest BCUT2D eigenvalue weighted by Crippen LogP contribution is -2.34. The van der Waals surface area contributed by atoms with E-state index >= 15 is 0 Å². The number of nitrogens with zero attached hydrogens (tertiary/aromatic N) is 1. The van der Waals surface area contributed by atoms with E-state index in [4.69, 9.17) is 0 Å². The second kappa shape index (κ2) is 15.3. The smallest absolute Gasteiger partial charge is 0.192 e. The molecule has 0 saturated heterocycles. The third kappa shape index (κ3) is 7.07. The predicted octanol–water partition coefficient (Wildman–Crippen LogP) is 12.9. The first-order valence-corrected chi connectivity index (χ1v) is 20.0. The Kier molecular flexibility index (Phi) is 10.1. The number of rotatable bonds is 10. The van der Waals surface area contributed by atoms with Crippen LogP contribution in [-0.2, 0) is 7.05 Å². The summed E-state index contributed by atoms with van der Waals surface area (Å²) >= 11 is 0. The maximum absolute atomic E-state index is 2.39. The molecule has 0 aliphatic rings. The summed E-state index contributed by atoms with van der Waals surface area (Å²) in [5.74, 6) is 0.969. The summed E-state index contributed by atoms with van der Waals surface area (Å²) in [5.41, 5.74) is 20.9. The first kappa shape index (κ1) is 36.4. The number of hydrogen-bond donors (Lipinski definition) is 0. The molecule has 0 spiro atoms. The first-order valence-electron chi connectivity index (χ1n) is 20.0. The summed E-state index contributed by atoms with van der Waals surface area (Å²) in [7, 11) is 4.56. The standard InChI is InChI=1S/C53H51BN/c1-8-39(42-25-27-44(28-26-42)47-18-14-20-50-51(47)48-17-12-13-19-49(48)55(50)7)29-34(2)40-21-23-43(24-22-40)46-32-37(5)53(38(6)33-46)54-52-35(3)30-45(31-36(52)4)41-15-10-9-11-16-41/h9-28,30-34,39H,8,29H2,1-7H3. The highest BCUT2D eigenvalue weighted by molar-refractivity contribution is 6.69. The van der Waals surface area contributed by atoms with Gasteiger partial charge >= 0.3 is 0 Å². The van der Waals surface area contributed by atoms with E-state index in [1.165, 1.54) is 99.5 Å². The van der Waals surface area contributed by atoms with Crippen LogP contribution in [0.15, 0.2) is 146 Å². The predicted molar refractivity (Wildman–Crippen MR) is 240 cm³/mol. The van der Waals surface area contributed by atoms with Crippen LogP contribution in [0.1, 0.15) is 71.9 Å². The van der Waals surface area contributed by atoms with E-state index in [0.717, 1.165) is 12.8 Å². The minimum Gasteiger partial charge on any atom is -0.344 e. The molecule has 0 fully saturated rings. The van der Waals surface area contributed by atoms with Crippen molar-refractivity contribution in [3.8, 4) is 33.4 Å². The highest BCUT2D eigenvalue weighted by Crippen LogP contribution is 2.38. The summed E-state index contributed by atoms with van der Waals surface area (Å²) in [6.07, 6.45) is 2.25. The van der Waals surface area contributed by atoms with Crippen LogP contribution >= 0.6 is 0 Å². The highest BCUT2D eigenvalue weighted by Gasteiger charge is 2.18. The van der Waals surface area contributed by atoms with Gasteiger partial charge in [0.15, 0.2) is 7.28 Å². The van der Waals surface area contributed by atoms with Gasteiger partial charge in [-0.05, 0) is 109 Å². The molecule has 271 valence electrons. The van der Waals surface area contributed by atoms with Crippen molar-refractivity contribution in [2.75, 3.05) is 0 Å². The topological polar surface area (TPSA) is 4.93 Å². The Hall–Kier alpha value is -5.60. The van der Waals surface area contributed by atoms with E-state index in [0.29, 0.717) is 11.8 Å². The van der Waals surface area contributed by atoms with E-state index in [-0.39, 0.29) is 0 Å². The van der Waals surface area contributed by atoms with Gasteiger partial charge in [-0.1, -0.05) is 180 Å². The van der Waals surface area contributed by atoms with E-state index in [1.54, 1.807) is 0 Å². The van der Waals surface area contributed by atoms with Crippen molar-refractivity contribution >= 4 is 40.0 Å². The van der Waals surface area contributed by atoms with Crippen LogP contribution in [-0.4, -0.2) is 11.8 Å². The molecule has 55 heavy (non-hydrogen) atoms. The van der Waals surface area contributed by atoms with Crippen LogP contribution in [0, 0.1) is 27.7 Å². The van der Waals surface area contributed by atoms with Gasteiger partial charge in [-0.25, -0.2) is 0 Å². The summed E-state index contributed by atoms with van der Waals surface area (Å²) in [6, 6.07) is 54.3. The van der Waals surface area contributed by atoms with Crippen LogP contribution in [0.2, 0.25) is 0 Å². The first-order chi connectivity index (χ1) is 26.7. The van der Waals surface area contributed by atoms with Crippen molar-refractivity contribution in [3.63, 3.8) is 0 Å². The van der Waals surface area contributed by atoms with Gasteiger partial charge in [0, 0.05) is 28.9 Å². The van der Waals surface area contributed by atoms with Crippen LogP contribution in [0.5, 0.6) is 0 Å². The molecule has 8 aromatic rings. The van der Waals surface area contributed by atoms with E-state index in [1.807, 2.05) is 0 Å². The van der Waals surface area contributed by atoms with Gasteiger partial charge in [-0.3, -0.25) is 0 Å². The lowest BCUT2D eigenvalue weighted by molar-refractivity contribution is 0.544. The largest absolute Gasteiger partial charge is 0.344 e. The molecule has 1 heterocycles. The molecule has 2 heteroatoms. The molecule has 1 radical (unpaired) electrons. The second-order valence-electron chi connectivity index (χ2n) is 15.8. The van der Waals surface area contributed by atoms with E-state index < -0.39 is 0 Å². The van der Waals surface area contributed by atoms with Gasteiger partial charge in [0.25, 0.3) is 0 Å². The number of benzene rings is 7. The molecule has 7 aromatic carbocycles. The fourth-order valence-corrected chi connectivity index (χ4v) is 9.00. The SMILES string of the molecule is CCC(CC(C)c1ccc(-c2cc(C)c([B]c3c(C)cc(-c4ccccc4)cc3C)c(C)c2)cc1)c1ccc(-c2cccc3c2c2ccccc2n3C)cc1. The molecule has 0 amide bonds. The maximum atomic E-state index is 2.39. The van der Waals surface area contributed by atoms with E-state index in [9.17, 15) is 0 Å². The van der Waals surface area contributed by atoms with Gasteiger partial charge in [0.05, 0.1) is 0 Å². The minimum atomic E-state index is 0.461. The molecule has 0 aliphatic carbocycles. The average molecular weight is 713 g/mol. The molecule has 0 N–H and O–H groups in total. The van der Waals surface area contributed by atoms with Crippen LogP contribution < -0.4 is 10.9 Å². The lowest BCUT2D eigenvalue weighted by Gasteiger charge is -2.21. The molecule has 0 saturated carbocycles. The molecule has 1 nitrogen and oxygen atoms in total. The molecular formula is C53H51BN. The van der Waals surface area contributed by atoms with E-state index in [2.05, 4.69) is 206 Å². The van der Waals surface area contributed by atoms with Crippen molar-refractivity contribution in [1.29, 1.82) is 0 Å². The quantitative estimate of drug-likeness (QED) is 0.124. The van der Waals surface area contributed by atoms with Gasteiger partial charge < -0.3 is 4.57 Å². The minimum absolute atomic E-state index is 0.461. The van der Waals surface area contributed by atoms with Crippen molar-refractivity contribution in [1.82, 2.24) is 4.57 Å². The third-order valence-electron chi connectivity index (χ3n) is 12.2. The number of fused-ring (bicyclic) bond motifs is 3. The Bertz CT molecular complexity index is 2580. The Balaban J connectivity index is 0.966. The van der Waals surface area contributed by atoms with Gasteiger partial charge in [-0.15, -0.1) is 0 Å². The fourth-order valence-electron chi connectivity index (χ4n) is 9.00. The molecular weight excluding hydrogens is 661 g/mol. The van der Waals surface area contributed by atoms with Crippen molar-refractivity contribution in [2.45, 2.75) is 66.2 Å². The zero-order chi connectivity index (χ0) is 38.2. The Labute approximate surface area is 329 Å². The number of para-hydroxylation sites is 1. The summed E-state index contributed by atoms with van der Waals surface area (Å²) in [5, 5.41) is 2.66.